The third-order valence-corrected chi connectivity index (χ3v) is 5.17. The van der Waals surface area contributed by atoms with Gasteiger partial charge in [0.1, 0.15) is 0 Å². The fourth-order valence-electron chi connectivity index (χ4n) is 3.24. The van der Waals surface area contributed by atoms with Gasteiger partial charge in [-0.25, -0.2) is 0 Å². The molecule has 2 N–H and O–H groups in total. The zero-order valence-corrected chi connectivity index (χ0v) is 15.6. The summed E-state index contributed by atoms with van der Waals surface area (Å²) in [4.78, 5) is 16.0. The molecule has 0 unspecified atom stereocenters. The van der Waals surface area contributed by atoms with Gasteiger partial charge in [-0.05, 0) is 49.2 Å². The van der Waals surface area contributed by atoms with Gasteiger partial charge in [0.2, 0.25) is 0 Å². The Hall–Kier alpha value is -2.04. The first kappa shape index (κ1) is 17.8. The Bertz CT molecular complexity index is 754. The number of hydrogen-bond acceptors (Lipinski definition) is 2. The summed E-state index contributed by atoms with van der Waals surface area (Å²) in [6.45, 7) is 8.39. The minimum absolute atomic E-state index is 0.0832. The zero-order valence-electron chi connectivity index (χ0n) is 14.8. The molecule has 0 radical (unpaired) electrons. The molecule has 1 heterocycles. The maximum atomic E-state index is 12.4. The molecule has 3 rings (SSSR count). The zero-order chi connectivity index (χ0) is 17.8. The van der Waals surface area contributed by atoms with Gasteiger partial charge in [0.25, 0.3) is 5.91 Å². The molecule has 25 heavy (non-hydrogen) atoms. The molecular weight excluding hydrogens is 334 g/mol. The van der Waals surface area contributed by atoms with Crippen molar-refractivity contribution < 1.29 is 9.69 Å². The third kappa shape index (κ3) is 4.53. The molecule has 5 heteroatoms. The van der Waals surface area contributed by atoms with E-state index in [1.807, 2.05) is 37.3 Å². The summed E-state index contributed by atoms with van der Waals surface area (Å²) in [7, 11) is 0. The van der Waals surface area contributed by atoms with E-state index in [0.29, 0.717) is 6.54 Å². The van der Waals surface area contributed by atoms with Crippen molar-refractivity contribution >= 4 is 28.9 Å². The summed E-state index contributed by atoms with van der Waals surface area (Å²) in [6.07, 6.45) is 0. The van der Waals surface area contributed by atoms with Gasteiger partial charge in [0.05, 0.1) is 26.2 Å². The molecule has 1 amide bonds. The molecule has 132 valence electrons. The minimum atomic E-state index is 0.0832. The largest absolute Gasteiger partial charge is 0.360 e. The fraction of sp³-hybridized carbons (Fsp3) is 0.350. The van der Waals surface area contributed by atoms with Crippen molar-refractivity contribution in [3.63, 3.8) is 0 Å². The number of quaternary nitrogens is 1. The Kier molecular flexibility index (Phi) is 5.61. The highest BCUT2D eigenvalue weighted by Crippen LogP contribution is 2.19. The van der Waals surface area contributed by atoms with Crippen molar-refractivity contribution in [2.45, 2.75) is 13.8 Å². The van der Waals surface area contributed by atoms with E-state index in [1.54, 1.807) is 0 Å². The molecule has 2 aromatic carbocycles. The van der Waals surface area contributed by atoms with Gasteiger partial charge in [0, 0.05) is 16.4 Å². The van der Waals surface area contributed by atoms with E-state index in [9.17, 15) is 4.79 Å². The number of carbonyl (C=O) groups excluding carboxylic acids is 1. The van der Waals surface area contributed by atoms with Crippen LogP contribution in [0.25, 0.3) is 0 Å². The van der Waals surface area contributed by atoms with Crippen molar-refractivity contribution in [3.05, 3.63) is 58.6 Å². The highest BCUT2D eigenvalue weighted by Gasteiger charge is 2.22. The van der Waals surface area contributed by atoms with Gasteiger partial charge in [-0.15, -0.1) is 0 Å². The Morgan fingerprint density at radius 2 is 1.88 bits per heavy atom. The highest BCUT2D eigenvalue weighted by molar-refractivity contribution is 6.30. The van der Waals surface area contributed by atoms with Crippen molar-refractivity contribution in [2.75, 3.05) is 42.9 Å². The predicted octanol–water partition coefficient (Wildman–Crippen LogP) is 2.30. The lowest BCUT2D eigenvalue weighted by atomic mass is 10.1. The molecule has 1 saturated heterocycles. The number of anilines is 2. The number of halogens is 1. The monoisotopic (exact) mass is 358 g/mol. The van der Waals surface area contributed by atoms with Crippen molar-refractivity contribution in [1.29, 1.82) is 0 Å². The predicted molar refractivity (Wildman–Crippen MR) is 104 cm³/mol. The summed E-state index contributed by atoms with van der Waals surface area (Å²) in [5, 5.41) is 3.82. The van der Waals surface area contributed by atoms with Crippen LogP contribution < -0.4 is 15.1 Å². The second-order valence-corrected chi connectivity index (χ2v) is 7.13. The van der Waals surface area contributed by atoms with Crippen LogP contribution in [-0.2, 0) is 4.79 Å². The Labute approximate surface area is 154 Å². The normalized spacial score (nSPS) is 15.2. The number of amides is 1. The first-order chi connectivity index (χ1) is 12.0. The number of benzene rings is 2. The lowest BCUT2D eigenvalue weighted by molar-refractivity contribution is -0.892. The second-order valence-electron chi connectivity index (χ2n) is 6.69. The van der Waals surface area contributed by atoms with Crippen LogP contribution in [-0.4, -0.2) is 38.6 Å². The molecule has 4 nitrogen and oxygen atoms in total. The molecule has 0 aliphatic carbocycles. The van der Waals surface area contributed by atoms with Crippen LogP contribution in [0, 0.1) is 13.8 Å². The van der Waals surface area contributed by atoms with E-state index >= 15 is 0 Å². The molecule has 0 bridgehead atoms. The number of rotatable bonds is 4. The summed E-state index contributed by atoms with van der Waals surface area (Å²) >= 11 is 6.08. The van der Waals surface area contributed by atoms with Gasteiger partial charge < -0.3 is 15.1 Å². The topological polar surface area (TPSA) is 36.8 Å². The summed E-state index contributed by atoms with van der Waals surface area (Å²) in [6, 6.07) is 14.0. The maximum Gasteiger partial charge on any atom is 0.279 e. The Morgan fingerprint density at radius 1 is 1.16 bits per heavy atom. The standard InChI is InChI=1S/C20H24ClN3O/c1-15-5-3-8-19(16(15)2)22-20(25)14-23-9-11-24(12-10-23)18-7-4-6-17(21)13-18/h3-8,13H,9-12,14H2,1-2H3,(H,22,25)/p+1. The minimum Gasteiger partial charge on any atom is -0.360 e. The molecule has 1 aliphatic heterocycles. The van der Waals surface area contributed by atoms with Crippen molar-refractivity contribution in [2.24, 2.45) is 0 Å². The molecule has 0 saturated carbocycles. The van der Waals surface area contributed by atoms with Gasteiger partial charge in [-0.2, -0.15) is 0 Å². The van der Waals surface area contributed by atoms with Gasteiger partial charge in [0.15, 0.2) is 6.54 Å². The number of nitrogens with zero attached hydrogens (tertiary/aromatic N) is 1. The van der Waals surface area contributed by atoms with Crippen LogP contribution in [0.4, 0.5) is 11.4 Å². The molecule has 1 fully saturated rings. The smallest absolute Gasteiger partial charge is 0.279 e. The number of nitrogens with one attached hydrogen (secondary N) is 2. The van der Waals surface area contributed by atoms with Gasteiger partial charge >= 0.3 is 0 Å². The molecule has 1 aliphatic rings. The van der Waals surface area contributed by atoms with E-state index in [1.165, 1.54) is 10.5 Å². The van der Waals surface area contributed by atoms with Crippen LogP contribution >= 0.6 is 11.6 Å². The summed E-state index contributed by atoms with van der Waals surface area (Å²) < 4.78 is 0. The second kappa shape index (κ2) is 7.89. The molecule has 0 aromatic heterocycles. The number of piperazine rings is 1. The Morgan fingerprint density at radius 3 is 2.60 bits per heavy atom. The average molecular weight is 359 g/mol. The summed E-state index contributed by atoms with van der Waals surface area (Å²) in [5.41, 5.74) is 4.41. The average Bonchev–Trinajstić information content (AvgIpc) is 2.60. The van der Waals surface area contributed by atoms with E-state index in [-0.39, 0.29) is 5.91 Å². The van der Waals surface area contributed by atoms with Gasteiger partial charge in [-0.3, -0.25) is 4.79 Å². The van der Waals surface area contributed by atoms with Crippen LogP contribution in [0.5, 0.6) is 0 Å². The molecule has 0 spiro atoms. The van der Waals surface area contributed by atoms with Crippen LogP contribution in [0.2, 0.25) is 5.02 Å². The van der Waals surface area contributed by atoms with E-state index in [0.717, 1.165) is 48.1 Å². The van der Waals surface area contributed by atoms with Crippen LogP contribution in [0.1, 0.15) is 11.1 Å². The molecular formula is C20H25ClN3O+. The Balaban J connectivity index is 1.52. The SMILES string of the molecule is Cc1cccc(NC(=O)C[NH+]2CCN(c3cccc(Cl)c3)CC2)c1C. The van der Waals surface area contributed by atoms with Crippen molar-refractivity contribution in [3.8, 4) is 0 Å². The lowest BCUT2D eigenvalue weighted by Crippen LogP contribution is -3.15. The quantitative estimate of drug-likeness (QED) is 0.880. The first-order valence-electron chi connectivity index (χ1n) is 8.73. The van der Waals surface area contributed by atoms with Crippen LogP contribution in [0.3, 0.4) is 0 Å². The molecule has 0 atom stereocenters. The van der Waals surface area contributed by atoms with Gasteiger partial charge in [-0.1, -0.05) is 29.8 Å². The first-order valence-corrected chi connectivity index (χ1v) is 9.11. The number of aryl methyl sites for hydroxylation is 1. The maximum absolute atomic E-state index is 12.4. The van der Waals surface area contributed by atoms with E-state index < -0.39 is 0 Å². The van der Waals surface area contributed by atoms with E-state index in [4.69, 9.17) is 11.6 Å². The lowest BCUT2D eigenvalue weighted by Gasteiger charge is -2.33. The number of carbonyl (C=O) groups is 1. The number of hydrogen-bond donors (Lipinski definition) is 2. The van der Waals surface area contributed by atoms with E-state index in [2.05, 4.69) is 29.3 Å². The fourth-order valence-corrected chi connectivity index (χ4v) is 3.42. The third-order valence-electron chi connectivity index (χ3n) is 4.93. The highest BCUT2D eigenvalue weighted by atomic mass is 35.5. The summed E-state index contributed by atoms with van der Waals surface area (Å²) in [5.74, 6) is 0.0832. The van der Waals surface area contributed by atoms with Crippen molar-refractivity contribution in [1.82, 2.24) is 0 Å². The van der Waals surface area contributed by atoms with Crippen LogP contribution in [0.15, 0.2) is 42.5 Å². The molecule has 2 aromatic rings.